The smallest absolute Gasteiger partial charge is 0.303 e. The van der Waals surface area contributed by atoms with Gasteiger partial charge in [0, 0.05) is 72.9 Å². The Bertz CT molecular complexity index is 2330. The third kappa shape index (κ3) is 10.2. The number of hydrogen-bond acceptors (Lipinski definition) is 9. The van der Waals surface area contributed by atoms with E-state index < -0.39 is 66.7 Å². The average molecular weight is 858 g/mol. The van der Waals surface area contributed by atoms with E-state index in [1.165, 1.54) is 12.1 Å². The lowest BCUT2D eigenvalue weighted by atomic mass is 9.69. The van der Waals surface area contributed by atoms with Crippen LogP contribution in [0.15, 0.2) is 70.8 Å². The van der Waals surface area contributed by atoms with Gasteiger partial charge in [0.2, 0.25) is 11.6 Å². The van der Waals surface area contributed by atoms with E-state index in [2.05, 4.69) is 62.3 Å². The molecule has 0 aromatic heterocycles. The van der Waals surface area contributed by atoms with Crippen molar-refractivity contribution in [1.29, 1.82) is 0 Å². The number of benzene rings is 2. The largest absolute Gasteiger partial charge is 0.481 e. The molecule has 2 aliphatic heterocycles. The van der Waals surface area contributed by atoms with Crippen molar-refractivity contribution < 1.29 is 54.5 Å². The van der Waals surface area contributed by atoms with E-state index in [-0.39, 0.29) is 30.1 Å². The minimum absolute atomic E-state index is 0.0613. The molecule has 15 nitrogen and oxygen atoms in total. The van der Waals surface area contributed by atoms with Crippen LogP contribution in [0.25, 0.3) is 0 Å². The van der Waals surface area contributed by atoms with Crippen LogP contribution in [0.4, 0.5) is 11.4 Å². The maximum atomic E-state index is 14.6. The van der Waals surface area contributed by atoms with Crippen molar-refractivity contribution >= 4 is 55.0 Å². The molecule has 2 aromatic rings. The molecule has 2 heterocycles. The number of anilines is 1. The maximum absolute atomic E-state index is 14.6. The molecule has 0 spiro atoms. The Balaban J connectivity index is 1.59. The number of carbonyl (C=O) groups is 3. The Morgan fingerprint density at radius 3 is 2.25 bits per heavy atom. The van der Waals surface area contributed by atoms with Gasteiger partial charge in [-0.05, 0) is 50.5 Å². The number of aliphatic carboxylic acids is 1. The first kappa shape index (κ1) is 45.8. The van der Waals surface area contributed by atoms with Crippen LogP contribution in [0.1, 0.15) is 70.9 Å². The number of allylic oxidation sites excluding steroid dienone is 2. The van der Waals surface area contributed by atoms with Crippen LogP contribution in [-0.4, -0.2) is 129 Å². The van der Waals surface area contributed by atoms with Gasteiger partial charge in [-0.2, -0.15) is 21.4 Å². The Labute approximate surface area is 348 Å². The van der Waals surface area contributed by atoms with Gasteiger partial charge in [0.1, 0.15) is 12.6 Å². The number of fused-ring (bicyclic) bond motifs is 2. The lowest BCUT2D eigenvalue weighted by Gasteiger charge is -2.40. The van der Waals surface area contributed by atoms with Crippen LogP contribution in [0.2, 0.25) is 0 Å². The molecule has 3 atom stereocenters. The van der Waals surface area contributed by atoms with Gasteiger partial charge in [0.15, 0.2) is 11.5 Å². The number of nitrogens with zero attached hydrogens (tertiary/aromatic N) is 3. The molecule has 0 bridgehead atoms. The summed E-state index contributed by atoms with van der Waals surface area (Å²) in [6.07, 6.45) is 5.94. The highest BCUT2D eigenvalue weighted by Gasteiger charge is 2.51. The second kappa shape index (κ2) is 17.0. The summed E-state index contributed by atoms with van der Waals surface area (Å²) in [5.41, 5.74) is 3.78. The number of carboxylic acids is 1. The van der Waals surface area contributed by atoms with Crippen molar-refractivity contribution in [2.24, 2.45) is 5.92 Å². The molecular formula is C42H59N5O10S2+2. The molecule has 2 aromatic carbocycles. The minimum Gasteiger partial charge on any atom is -0.481 e. The number of Topliss-reactive ketones (excluding diaryl/α,β-unsaturated/α-hetero) is 1. The summed E-state index contributed by atoms with van der Waals surface area (Å²) >= 11 is 0. The van der Waals surface area contributed by atoms with Gasteiger partial charge in [-0.3, -0.25) is 28.8 Å². The van der Waals surface area contributed by atoms with Gasteiger partial charge in [-0.1, -0.05) is 38.1 Å². The summed E-state index contributed by atoms with van der Waals surface area (Å²) in [4.78, 5) is 40.8. The highest BCUT2D eigenvalue weighted by Crippen LogP contribution is 2.49. The molecule has 3 aliphatic rings. The normalized spacial score (nSPS) is 21.7. The van der Waals surface area contributed by atoms with Crippen molar-refractivity contribution in [2.75, 3.05) is 58.5 Å². The van der Waals surface area contributed by atoms with E-state index >= 15 is 0 Å². The number of likely N-dealkylation sites (N-methyl/N-ethyl adjacent to an activating group) is 1. The third-order valence-electron chi connectivity index (χ3n) is 11.7. The summed E-state index contributed by atoms with van der Waals surface area (Å²) < 4.78 is 71.8. The highest BCUT2D eigenvalue weighted by molar-refractivity contribution is 7.86. The molecule has 1 aliphatic carbocycles. The fraction of sp³-hybridized carbons (Fsp3) is 0.524. The molecule has 5 rings (SSSR count). The van der Waals surface area contributed by atoms with Gasteiger partial charge in [-0.25, -0.2) is 0 Å². The predicted molar refractivity (Wildman–Crippen MR) is 225 cm³/mol. The van der Waals surface area contributed by atoms with Crippen LogP contribution in [0.5, 0.6) is 0 Å². The van der Waals surface area contributed by atoms with Crippen LogP contribution in [0.3, 0.4) is 0 Å². The summed E-state index contributed by atoms with van der Waals surface area (Å²) in [5, 5.41) is 14.8. The number of carbonyl (C=O) groups excluding carboxylic acids is 2. The molecule has 59 heavy (non-hydrogen) atoms. The third-order valence-corrected chi connectivity index (χ3v) is 13.3. The van der Waals surface area contributed by atoms with Crippen LogP contribution in [0, 0.1) is 5.92 Å². The number of amides is 1. The number of ketones is 1. The molecule has 0 radical (unpaired) electrons. The summed E-state index contributed by atoms with van der Waals surface area (Å²) in [6.45, 7) is 9.61. The summed E-state index contributed by atoms with van der Waals surface area (Å²) in [7, 11) is -1.02. The predicted octanol–water partition coefficient (Wildman–Crippen LogP) is 3.82. The summed E-state index contributed by atoms with van der Waals surface area (Å²) in [6, 6.07) is 9.95. The second-order valence-corrected chi connectivity index (χ2v) is 20.8. The SMILES string of the molecule is CN1C(=CC2C(=O)C(=CC3=[N+](CCCC[N+](C)(C)C)c4ccccc4C3(C)C)C2NC(CS(=O)(=O)O)C(=O)NCCCCC(=O)O)C(C)(C)c2cc(S(=O)(=O)O)ccc21. The molecule has 1 fully saturated rings. The van der Waals surface area contributed by atoms with E-state index in [9.17, 15) is 40.3 Å². The number of hydrogen-bond donors (Lipinski definition) is 5. The zero-order valence-electron chi connectivity index (χ0n) is 35.1. The van der Waals surface area contributed by atoms with Gasteiger partial charge in [0.25, 0.3) is 20.2 Å². The van der Waals surface area contributed by atoms with Crippen molar-refractivity contribution in [1.82, 2.24) is 10.6 Å². The van der Waals surface area contributed by atoms with Crippen molar-refractivity contribution in [3.63, 3.8) is 0 Å². The van der Waals surface area contributed by atoms with E-state index in [1.54, 1.807) is 19.2 Å². The van der Waals surface area contributed by atoms with Crippen molar-refractivity contribution in [3.05, 3.63) is 77.0 Å². The zero-order valence-corrected chi connectivity index (χ0v) is 36.8. The maximum Gasteiger partial charge on any atom is 0.303 e. The van der Waals surface area contributed by atoms with E-state index in [1.807, 2.05) is 37.0 Å². The average Bonchev–Trinajstić information content (AvgIpc) is 3.45. The lowest BCUT2D eigenvalue weighted by molar-refractivity contribution is -0.870. The first-order valence-corrected chi connectivity index (χ1v) is 22.9. The van der Waals surface area contributed by atoms with Gasteiger partial charge in [-0.15, -0.1) is 0 Å². The fourth-order valence-electron chi connectivity index (χ4n) is 8.47. The number of para-hydroxylation sites is 1. The first-order valence-electron chi connectivity index (χ1n) is 19.8. The van der Waals surface area contributed by atoms with Crippen molar-refractivity contribution in [3.8, 4) is 0 Å². The Kier molecular flexibility index (Phi) is 13.2. The topological polar surface area (TPSA) is 210 Å². The summed E-state index contributed by atoms with van der Waals surface area (Å²) in [5.74, 6) is -3.91. The molecular weight excluding hydrogens is 799 g/mol. The number of unbranched alkanes of at least 4 members (excludes halogenated alkanes) is 2. The molecule has 3 unspecified atom stereocenters. The second-order valence-electron chi connectivity index (χ2n) is 17.9. The quantitative estimate of drug-likeness (QED) is 0.0477. The van der Waals surface area contributed by atoms with Gasteiger partial charge >= 0.3 is 5.97 Å². The highest BCUT2D eigenvalue weighted by atomic mass is 32.2. The van der Waals surface area contributed by atoms with Crippen LogP contribution < -0.4 is 15.5 Å². The lowest BCUT2D eigenvalue weighted by Crippen LogP contribution is -2.61. The van der Waals surface area contributed by atoms with Crippen molar-refractivity contribution in [2.45, 2.75) is 87.6 Å². The molecule has 17 heteroatoms. The Morgan fingerprint density at radius 2 is 1.63 bits per heavy atom. The van der Waals surface area contributed by atoms with Gasteiger partial charge in [0.05, 0.1) is 55.7 Å². The Morgan fingerprint density at radius 1 is 0.949 bits per heavy atom. The molecule has 322 valence electrons. The molecule has 1 amide bonds. The van der Waals surface area contributed by atoms with Crippen LogP contribution in [-0.2, 0) is 45.4 Å². The minimum atomic E-state index is -4.72. The first-order chi connectivity index (χ1) is 27.2. The van der Waals surface area contributed by atoms with Gasteiger partial charge < -0.3 is 19.8 Å². The standard InChI is InChI=1S/C42H57N5O10S2/c1-41(2)30-15-9-10-16-34(30)46(21-13-14-22-47(6,7)8)36(41)25-29-38(44-32(26-58(52,53)54)40(51)43-20-12-11-17-37(48)49)28(39(29)50)24-35-42(3,4)31-23-27(59(55,56)57)18-19-33(31)45(35)5/h9-10,15-16,18-19,23-25,28,32,38,44H,11-14,17,20-22,26H2,1-8H3,(H2-2,43,48,49,51,52,53,54,55,56,57)/p+2. The monoisotopic (exact) mass is 857 g/mol. The number of rotatable bonds is 18. The van der Waals surface area contributed by atoms with E-state index in [4.69, 9.17) is 5.11 Å². The number of quaternary nitrogens is 1. The molecule has 1 saturated carbocycles. The Hall–Kier alpha value is -4.26. The van der Waals surface area contributed by atoms with Crippen LogP contribution >= 0.6 is 0 Å². The fourth-order valence-corrected chi connectivity index (χ4v) is 9.65. The number of nitrogens with one attached hydrogen (secondary N) is 2. The molecule has 0 saturated heterocycles. The number of carboxylic acid groups (broad SMARTS) is 1. The zero-order chi connectivity index (χ0) is 43.9. The molecule has 5 N–H and O–H groups in total. The van der Waals surface area contributed by atoms with E-state index in [0.29, 0.717) is 35.5 Å². The van der Waals surface area contributed by atoms with E-state index in [0.717, 1.165) is 40.8 Å².